The van der Waals surface area contributed by atoms with Crippen LogP contribution >= 0.6 is 0 Å². The number of methoxy groups -OCH3 is 1. The summed E-state index contributed by atoms with van der Waals surface area (Å²) >= 11 is 0. The Bertz CT molecular complexity index is 1660. The molecule has 12 heteroatoms. The molecule has 3 aromatic rings. The van der Waals surface area contributed by atoms with Gasteiger partial charge in [0.25, 0.3) is 11.8 Å². The van der Waals surface area contributed by atoms with Crippen LogP contribution in [0.4, 0.5) is 4.79 Å². The largest absolute Gasteiger partial charge is 0.453 e. The third kappa shape index (κ3) is 11.1. The lowest BCUT2D eigenvalue weighted by atomic mass is 9.86. The molecule has 3 amide bonds. The minimum absolute atomic E-state index is 0.0657. The summed E-state index contributed by atoms with van der Waals surface area (Å²) < 4.78 is 10.3. The fourth-order valence-electron chi connectivity index (χ4n) is 7.04. The number of nitrogens with zero attached hydrogens (tertiary/aromatic N) is 2. The number of morpholine rings is 1. The van der Waals surface area contributed by atoms with Gasteiger partial charge in [-0.2, -0.15) is 0 Å². The highest BCUT2D eigenvalue weighted by molar-refractivity contribution is 5.86. The van der Waals surface area contributed by atoms with E-state index in [0.717, 1.165) is 55.1 Å². The molecule has 3 aromatic carbocycles. The van der Waals surface area contributed by atoms with Crippen molar-refractivity contribution in [2.75, 3.05) is 40.0 Å². The first-order valence-corrected chi connectivity index (χ1v) is 18.5. The molecule has 12 nitrogen and oxygen atoms in total. The number of alkyl carbamates (subject to hydrolysis) is 1. The number of carbonyl (C=O) groups is 3. The first kappa shape index (κ1) is 39.9. The Balaban J connectivity index is 1.33. The molecular weight excluding hydrogens is 674 g/mol. The van der Waals surface area contributed by atoms with Crippen LogP contribution in [0, 0.1) is 5.41 Å². The van der Waals surface area contributed by atoms with Gasteiger partial charge in [0.15, 0.2) is 0 Å². The average Bonchev–Trinajstić information content (AvgIpc) is 3.45. The van der Waals surface area contributed by atoms with E-state index in [0.29, 0.717) is 19.4 Å². The van der Waals surface area contributed by atoms with Crippen molar-refractivity contribution in [1.29, 1.82) is 0 Å². The van der Waals surface area contributed by atoms with E-state index in [2.05, 4.69) is 33.1 Å². The smallest absolute Gasteiger partial charge is 0.407 e. The Kier molecular flexibility index (Phi) is 13.6. The number of aliphatic hydroxyl groups excluding tert-OH is 1. The number of rotatable bonds is 15. The molecule has 1 aliphatic heterocycles. The van der Waals surface area contributed by atoms with Crippen LogP contribution in [-0.4, -0.2) is 95.7 Å². The topological polar surface area (TPSA) is 153 Å². The fraction of sp³-hybridized carbons (Fsp3) is 0.488. The number of hydrogen-bond acceptors (Lipinski definition) is 9. The molecule has 5 N–H and O–H groups in total. The van der Waals surface area contributed by atoms with Crippen LogP contribution in [0.1, 0.15) is 67.5 Å². The first-order chi connectivity index (χ1) is 25.3. The summed E-state index contributed by atoms with van der Waals surface area (Å²) in [5.41, 5.74) is 5.29. The summed E-state index contributed by atoms with van der Waals surface area (Å²) in [6, 6.07) is 23.6. The number of amides is 3. The van der Waals surface area contributed by atoms with Crippen molar-refractivity contribution in [3.8, 4) is 0 Å². The summed E-state index contributed by atoms with van der Waals surface area (Å²) in [7, 11) is 1.25. The zero-order valence-corrected chi connectivity index (χ0v) is 31.3. The average molecular weight is 730 g/mol. The molecule has 2 aliphatic rings. The number of hydrazine groups is 1. The highest BCUT2D eigenvalue weighted by Crippen LogP contribution is 2.32. The van der Waals surface area contributed by atoms with Crippen LogP contribution in [0.3, 0.4) is 0 Å². The Labute approximate surface area is 312 Å². The lowest BCUT2D eigenvalue weighted by Crippen LogP contribution is -2.57. The lowest BCUT2D eigenvalue weighted by Gasteiger charge is -2.33. The molecular formula is C41H55N5O7. The van der Waals surface area contributed by atoms with Gasteiger partial charge in [-0.3, -0.25) is 19.9 Å². The summed E-state index contributed by atoms with van der Waals surface area (Å²) in [6.45, 7) is 10.2. The van der Waals surface area contributed by atoms with Crippen molar-refractivity contribution in [3.05, 3.63) is 107 Å². The predicted octanol–water partition coefficient (Wildman–Crippen LogP) is 3.65. The van der Waals surface area contributed by atoms with Crippen LogP contribution in [0.25, 0.3) is 0 Å². The first-order valence-electron chi connectivity index (χ1n) is 18.5. The van der Waals surface area contributed by atoms with E-state index < -0.39 is 47.1 Å². The van der Waals surface area contributed by atoms with Gasteiger partial charge in [0, 0.05) is 45.6 Å². The quantitative estimate of drug-likeness (QED) is 0.148. The Morgan fingerprint density at radius 3 is 2.28 bits per heavy atom. The van der Waals surface area contributed by atoms with E-state index in [9.17, 15) is 24.6 Å². The van der Waals surface area contributed by atoms with Crippen LogP contribution in [0.15, 0.2) is 78.9 Å². The van der Waals surface area contributed by atoms with Crippen LogP contribution < -0.4 is 16.1 Å². The lowest BCUT2D eigenvalue weighted by molar-refractivity contribution is -0.142. The van der Waals surface area contributed by atoms with Gasteiger partial charge >= 0.3 is 6.09 Å². The SMILES string of the molecule is COC(=O)N[C@H](C(=O)NN(CCC[C@@](O)(Cc1ccccc1)C(=O)N[C@H]1c2ccccc2C[C@H]1O)Cc1ccc(CN2CCOCC2)cc1)C(C)(C)C. The number of carbonyl (C=O) groups excluding carboxylic acids is 3. The Morgan fingerprint density at radius 2 is 1.60 bits per heavy atom. The fourth-order valence-corrected chi connectivity index (χ4v) is 7.04. The number of benzene rings is 3. The second kappa shape index (κ2) is 18.1. The monoisotopic (exact) mass is 729 g/mol. The maximum Gasteiger partial charge on any atom is 0.407 e. The van der Waals surface area contributed by atoms with Crippen molar-refractivity contribution >= 4 is 17.9 Å². The molecule has 286 valence electrons. The summed E-state index contributed by atoms with van der Waals surface area (Å²) in [6.07, 6.45) is -0.628. The van der Waals surface area contributed by atoms with Crippen LogP contribution in [0.5, 0.6) is 0 Å². The number of aliphatic hydroxyl groups is 2. The van der Waals surface area contributed by atoms with Gasteiger partial charge in [0.1, 0.15) is 11.6 Å². The Morgan fingerprint density at radius 1 is 0.943 bits per heavy atom. The van der Waals surface area contributed by atoms with Gasteiger partial charge < -0.3 is 30.3 Å². The molecule has 0 bridgehead atoms. The van der Waals surface area contributed by atoms with Crippen molar-refractivity contribution in [2.45, 2.75) is 83.3 Å². The van der Waals surface area contributed by atoms with Gasteiger partial charge in [-0.1, -0.05) is 99.6 Å². The van der Waals surface area contributed by atoms with Crippen molar-refractivity contribution in [1.82, 2.24) is 26.0 Å². The zero-order chi connectivity index (χ0) is 38.0. The summed E-state index contributed by atoms with van der Waals surface area (Å²) in [4.78, 5) is 42.4. The van der Waals surface area contributed by atoms with Gasteiger partial charge in [0.2, 0.25) is 0 Å². The minimum atomic E-state index is -1.81. The summed E-state index contributed by atoms with van der Waals surface area (Å²) in [5, 5.41) is 30.4. The van der Waals surface area contributed by atoms with Gasteiger partial charge in [-0.15, -0.1) is 0 Å². The van der Waals surface area contributed by atoms with E-state index in [1.807, 2.05) is 87.5 Å². The number of nitrogens with one attached hydrogen (secondary N) is 3. The maximum atomic E-state index is 14.0. The van der Waals surface area contributed by atoms with Crippen molar-refractivity contribution in [3.63, 3.8) is 0 Å². The van der Waals surface area contributed by atoms with E-state index in [1.165, 1.54) is 12.7 Å². The molecule has 1 heterocycles. The molecule has 4 atom stereocenters. The molecule has 0 radical (unpaired) electrons. The van der Waals surface area contributed by atoms with E-state index in [4.69, 9.17) is 9.47 Å². The molecule has 1 fully saturated rings. The van der Waals surface area contributed by atoms with Crippen molar-refractivity contribution < 1.29 is 34.1 Å². The molecule has 5 rings (SSSR count). The molecule has 1 aliphatic carbocycles. The third-order valence-corrected chi connectivity index (χ3v) is 10.0. The van der Waals surface area contributed by atoms with Crippen LogP contribution in [0.2, 0.25) is 0 Å². The third-order valence-electron chi connectivity index (χ3n) is 10.0. The van der Waals surface area contributed by atoms with E-state index in [-0.39, 0.29) is 19.4 Å². The number of fused-ring (bicyclic) bond motifs is 1. The van der Waals surface area contributed by atoms with Crippen molar-refractivity contribution in [2.24, 2.45) is 5.41 Å². The normalized spacial score (nSPS) is 19.2. The molecule has 1 saturated heterocycles. The highest BCUT2D eigenvalue weighted by Gasteiger charge is 2.41. The maximum absolute atomic E-state index is 14.0. The minimum Gasteiger partial charge on any atom is -0.453 e. The van der Waals surface area contributed by atoms with Gasteiger partial charge in [0.05, 0.1) is 32.5 Å². The molecule has 0 saturated carbocycles. The second-order valence-electron chi connectivity index (χ2n) is 15.3. The van der Waals surface area contributed by atoms with E-state index in [1.54, 1.807) is 5.01 Å². The predicted molar refractivity (Wildman–Crippen MR) is 201 cm³/mol. The molecule has 53 heavy (non-hydrogen) atoms. The molecule has 0 aromatic heterocycles. The standard InChI is InChI=1S/C41H55N5O7/c1-40(2,3)36(43-39(50)52-4)37(48)44-46(28-31-17-15-30(16-18-31)27-45-21-23-53-24-22-45)20-10-19-41(51,26-29-11-6-5-7-12-29)38(49)42-35-33-14-9-8-13-32(33)25-34(35)47/h5-9,11-18,34-36,47,51H,10,19-28H2,1-4H3,(H,42,49)(H,43,50)(H,44,48)/t34-,35+,36-,41-/m1/s1. The van der Waals surface area contributed by atoms with Gasteiger partial charge in [-0.05, 0) is 46.1 Å². The summed E-state index contributed by atoms with van der Waals surface area (Å²) in [5.74, 6) is -0.985. The second-order valence-corrected chi connectivity index (χ2v) is 15.3. The number of ether oxygens (including phenoxy) is 2. The van der Waals surface area contributed by atoms with Gasteiger partial charge in [-0.25, -0.2) is 9.80 Å². The highest BCUT2D eigenvalue weighted by atomic mass is 16.5. The molecule has 0 unspecified atom stereocenters. The van der Waals surface area contributed by atoms with Crippen LogP contribution in [-0.2, 0) is 45.0 Å². The van der Waals surface area contributed by atoms with E-state index >= 15 is 0 Å². The molecule has 0 spiro atoms. The Hall–Kier alpha value is -4.33. The number of hydrogen-bond donors (Lipinski definition) is 5. The zero-order valence-electron chi connectivity index (χ0n) is 31.3.